The summed E-state index contributed by atoms with van der Waals surface area (Å²) in [7, 11) is 1.84. The van der Waals surface area contributed by atoms with Crippen molar-refractivity contribution in [2.24, 2.45) is 13.0 Å². The Bertz CT molecular complexity index is 971. The summed E-state index contributed by atoms with van der Waals surface area (Å²) in [6, 6.07) is 9.46. The molecule has 0 saturated heterocycles. The van der Waals surface area contributed by atoms with Crippen LogP contribution in [-0.2, 0) is 7.05 Å². The first-order chi connectivity index (χ1) is 13.6. The minimum Gasteiger partial charge on any atom is -0.494 e. The second kappa shape index (κ2) is 7.46. The average molecular weight is 380 g/mol. The third kappa shape index (κ3) is 3.62. The molecule has 8 nitrogen and oxygen atoms in total. The minimum atomic E-state index is -0.143. The zero-order valence-electron chi connectivity index (χ0n) is 16.4. The molecule has 1 aromatic carbocycles. The van der Waals surface area contributed by atoms with E-state index in [0.29, 0.717) is 36.3 Å². The number of ether oxygens (including phenoxy) is 1. The fourth-order valence-corrected chi connectivity index (χ4v) is 3.14. The van der Waals surface area contributed by atoms with Gasteiger partial charge in [0.1, 0.15) is 5.75 Å². The highest BCUT2D eigenvalue weighted by Gasteiger charge is 2.31. The SMILES string of the molecule is CCOc1ccc(N(CC2CC2)C(=O)c2nnn(-c3ccn(C)n3)c2C)cc1. The van der Waals surface area contributed by atoms with Crippen molar-refractivity contribution in [2.45, 2.75) is 26.7 Å². The molecule has 8 heteroatoms. The first kappa shape index (κ1) is 18.2. The van der Waals surface area contributed by atoms with Gasteiger partial charge >= 0.3 is 0 Å². The van der Waals surface area contributed by atoms with E-state index in [0.717, 1.165) is 24.3 Å². The molecular formula is C20H24N6O2. The van der Waals surface area contributed by atoms with Gasteiger partial charge in [0, 0.05) is 31.5 Å². The van der Waals surface area contributed by atoms with Crippen molar-refractivity contribution in [3.63, 3.8) is 0 Å². The molecule has 0 bridgehead atoms. The summed E-state index contributed by atoms with van der Waals surface area (Å²) in [5.41, 5.74) is 1.86. The van der Waals surface area contributed by atoms with Crippen molar-refractivity contribution in [2.75, 3.05) is 18.1 Å². The van der Waals surface area contributed by atoms with Crippen LogP contribution < -0.4 is 9.64 Å². The Morgan fingerprint density at radius 1 is 1.25 bits per heavy atom. The molecule has 28 heavy (non-hydrogen) atoms. The van der Waals surface area contributed by atoms with Crippen LogP contribution in [0.1, 0.15) is 35.9 Å². The largest absolute Gasteiger partial charge is 0.494 e. The van der Waals surface area contributed by atoms with Gasteiger partial charge in [0.15, 0.2) is 11.5 Å². The molecule has 0 unspecified atom stereocenters. The average Bonchev–Trinajstić information content (AvgIpc) is 3.29. The number of hydrogen-bond acceptors (Lipinski definition) is 5. The molecular weight excluding hydrogens is 356 g/mol. The molecule has 1 aliphatic rings. The van der Waals surface area contributed by atoms with Crippen molar-refractivity contribution < 1.29 is 9.53 Å². The number of hydrogen-bond donors (Lipinski definition) is 0. The van der Waals surface area contributed by atoms with Gasteiger partial charge in [0.25, 0.3) is 5.91 Å². The summed E-state index contributed by atoms with van der Waals surface area (Å²) in [5.74, 6) is 1.83. The quantitative estimate of drug-likeness (QED) is 0.630. The van der Waals surface area contributed by atoms with Crippen molar-refractivity contribution in [1.82, 2.24) is 24.8 Å². The van der Waals surface area contributed by atoms with E-state index in [2.05, 4.69) is 15.4 Å². The van der Waals surface area contributed by atoms with Crippen LogP contribution in [0.5, 0.6) is 5.75 Å². The summed E-state index contributed by atoms with van der Waals surface area (Å²) in [6.07, 6.45) is 4.14. The Hall–Kier alpha value is -3.16. The monoisotopic (exact) mass is 380 g/mol. The molecule has 1 aliphatic carbocycles. The van der Waals surface area contributed by atoms with E-state index in [1.54, 1.807) is 14.3 Å². The topological polar surface area (TPSA) is 78.1 Å². The molecule has 1 amide bonds. The molecule has 0 atom stereocenters. The second-order valence-electron chi connectivity index (χ2n) is 7.07. The first-order valence-corrected chi connectivity index (χ1v) is 9.54. The number of carbonyl (C=O) groups is 1. The summed E-state index contributed by atoms with van der Waals surface area (Å²) >= 11 is 0. The normalized spacial score (nSPS) is 13.5. The van der Waals surface area contributed by atoms with E-state index < -0.39 is 0 Å². The number of rotatable bonds is 7. The maximum Gasteiger partial charge on any atom is 0.280 e. The lowest BCUT2D eigenvalue weighted by Crippen LogP contribution is -2.33. The predicted octanol–water partition coefficient (Wildman–Crippen LogP) is 2.76. The molecule has 0 aliphatic heterocycles. The van der Waals surface area contributed by atoms with Gasteiger partial charge in [-0.2, -0.15) is 9.78 Å². The zero-order chi connectivity index (χ0) is 19.7. The van der Waals surface area contributed by atoms with E-state index >= 15 is 0 Å². The highest BCUT2D eigenvalue weighted by atomic mass is 16.5. The third-order valence-electron chi connectivity index (χ3n) is 4.86. The predicted molar refractivity (Wildman–Crippen MR) is 105 cm³/mol. The molecule has 0 spiro atoms. The van der Waals surface area contributed by atoms with Crippen LogP contribution in [0.15, 0.2) is 36.5 Å². The maximum atomic E-state index is 13.3. The Kier molecular flexibility index (Phi) is 4.85. The molecule has 4 rings (SSSR count). The Balaban J connectivity index is 1.63. The summed E-state index contributed by atoms with van der Waals surface area (Å²) in [4.78, 5) is 15.1. The molecule has 0 radical (unpaired) electrons. The zero-order valence-corrected chi connectivity index (χ0v) is 16.4. The van der Waals surface area contributed by atoms with E-state index in [1.165, 1.54) is 0 Å². The Morgan fingerprint density at radius 3 is 2.61 bits per heavy atom. The maximum absolute atomic E-state index is 13.3. The lowest BCUT2D eigenvalue weighted by atomic mass is 10.2. The van der Waals surface area contributed by atoms with E-state index in [1.807, 2.05) is 57.4 Å². The van der Waals surface area contributed by atoms with Gasteiger partial charge in [-0.25, -0.2) is 0 Å². The van der Waals surface area contributed by atoms with E-state index in [4.69, 9.17) is 4.74 Å². The van der Waals surface area contributed by atoms with Gasteiger partial charge in [0.2, 0.25) is 0 Å². The first-order valence-electron chi connectivity index (χ1n) is 9.54. The molecule has 146 valence electrons. The van der Waals surface area contributed by atoms with Crippen LogP contribution >= 0.6 is 0 Å². The lowest BCUT2D eigenvalue weighted by Gasteiger charge is -2.22. The smallest absolute Gasteiger partial charge is 0.280 e. The second-order valence-corrected chi connectivity index (χ2v) is 7.07. The van der Waals surface area contributed by atoms with Crippen LogP contribution in [-0.4, -0.2) is 43.8 Å². The molecule has 1 saturated carbocycles. The lowest BCUT2D eigenvalue weighted by molar-refractivity contribution is 0.0980. The Morgan fingerprint density at radius 2 is 2.00 bits per heavy atom. The van der Waals surface area contributed by atoms with Crippen molar-refractivity contribution >= 4 is 11.6 Å². The fourth-order valence-electron chi connectivity index (χ4n) is 3.14. The van der Waals surface area contributed by atoms with Gasteiger partial charge in [-0.05, 0) is 56.9 Å². The van der Waals surface area contributed by atoms with E-state index in [-0.39, 0.29) is 5.91 Å². The molecule has 0 N–H and O–H groups in total. The van der Waals surface area contributed by atoms with Crippen molar-refractivity contribution in [3.8, 4) is 11.6 Å². The molecule has 2 aromatic heterocycles. The number of benzene rings is 1. The highest BCUT2D eigenvalue weighted by molar-refractivity contribution is 6.05. The minimum absolute atomic E-state index is 0.143. The van der Waals surface area contributed by atoms with Crippen LogP contribution in [0.25, 0.3) is 5.82 Å². The number of amides is 1. The van der Waals surface area contributed by atoms with Crippen LogP contribution in [0.3, 0.4) is 0 Å². The Labute approximate surface area is 163 Å². The number of aromatic nitrogens is 5. The molecule has 3 aromatic rings. The van der Waals surface area contributed by atoms with Gasteiger partial charge in [-0.3, -0.25) is 9.48 Å². The summed E-state index contributed by atoms with van der Waals surface area (Å²) < 4.78 is 8.80. The van der Waals surface area contributed by atoms with Gasteiger partial charge in [-0.1, -0.05) is 5.21 Å². The van der Waals surface area contributed by atoms with Crippen molar-refractivity contribution in [1.29, 1.82) is 0 Å². The van der Waals surface area contributed by atoms with E-state index in [9.17, 15) is 4.79 Å². The number of anilines is 1. The van der Waals surface area contributed by atoms with Gasteiger partial charge < -0.3 is 9.64 Å². The van der Waals surface area contributed by atoms with Gasteiger partial charge in [0.05, 0.1) is 12.3 Å². The number of aryl methyl sites for hydroxylation is 1. The molecule has 2 heterocycles. The summed E-state index contributed by atoms with van der Waals surface area (Å²) in [5, 5.41) is 12.7. The summed E-state index contributed by atoms with van der Waals surface area (Å²) in [6.45, 7) is 5.09. The van der Waals surface area contributed by atoms with Crippen LogP contribution in [0, 0.1) is 12.8 Å². The fraction of sp³-hybridized carbons (Fsp3) is 0.400. The standard InChI is InChI=1S/C20H24N6O2/c1-4-28-17-9-7-16(8-10-17)25(13-15-5-6-15)20(27)19-14(2)26(23-21-19)18-11-12-24(3)22-18/h7-12,15H,4-6,13H2,1-3H3. The van der Waals surface area contributed by atoms with Crippen LogP contribution in [0.2, 0.25) is 0 Å². The molecule has 1 fully saturated rings. The highest BCUT2D eigenvalue weighted by Crippen LogP contribution is 2.32. The van der Waals surface area contributed by atoms with Crippen molar-refractivity contribution in [3.05, 3.63) is 47.9 Å². The number of nitrogens with zero attached hydrogens (tertiary/aromatic N) is 6. The number of carbonyl (C=O) groups excluding carboxylic acids is 1. The van der Waals surface area contributed by atoms with Crippen LogP contribution in [0.4, 0.5) is 5.69 Å². The van der Waals surface area contributed by atoms with Gasteiger partial charge in [-0.15, -0.1) is 5.10 Å². The third-order valence-corrected chi connectivity index (χ3v) is 4.86.